The van der Waals surface area contributed by atoms with Crippen LogP contribution in [0.4, 0.5) is 13.2 Å². The minimum atomic E-state index is -4.79. The lowest BCUT2D eigenvalue weighted by Crippen LogP contribution is -2.25. The van der Waals surface area contributed by atoms with E-state index < -0.39 is 35.3 Å². The second-order valence-electron chi connectivity index (χ2n) is 2.96. The number of H-pyrrole nitrogens is 1. The summed E-state index contributed by atoms with van der Waals surface area (Å²) in [5, 5.41) is 0. The van der Waals surface area contributed by atoms with E-state index in [0.717, 1.165) is 19.4 Å². The van der Waals surface area contributed by atoms with Crippen LogP contribution in [0.15, 0.2) is 17.1 Å². The van der Waals surface area contributed by atoms with Gasteiger partial charge in [-0.3, -0.25) is 9.59 Å². The third kappa shape index (κ3) is 2.62. The number of ether oxygens (including phenoxy) is 1. The van der Waals surface area contributed by atoms with Gasteiger partial charge in [-0.05, 0) is 11.6 Å². The maximum absolute atomic E-state index is 12.5. The number of esters is 1. The minimum absolute atomic E-state index is 0.400. The number of nitrogens with one attached hydrogen (secondary N) is 1. The van der Waals surface area contributed by atoms with E-state index in [1.54, 1.807) is 0 Å². The monoisotopic (exact) mass is 235 g/mol. The first-order chi connectivity index (χ1) is 7.36. The zero-order chi connectivity index (χ0) is 12.3. The molecule has 1 rings (SSSR count). The predicted octanol–water partition coefficient (Wildman–Crippen LogP) is 1.11. The van der Waals surface area contributed by atoms with E-state index in [-0.39, 0.29) is 0 Å². The Hall–Kier alpha value is -1.79. The van der Waals surface area contributed by atoms with E-state index in [9.17, 15) is 22.8 Å². The molecule has 0 radical (unpaired) electrons. The molecule has 0 aromatic carbocycles. The molecule has 0 aliphatic heterocycles. The molecule has 4 nitrogen and oxygen atoms in total. The molecule has 0 bridgehead atoms. The molecule has 0 aliphatic carbocycles. The summed E-state index contributed by atoms with van der Waals surface area (Å²) in [5.41, 5.74) is -3.03. The molecule has 0 amide bonds. The van der Waals surface area contributed by atoms with Gasteiger partial charge < -0.3 is 9.72 Å². The van der Waals surface area contributed by atoms with E-state index in [1.807, 2.05) is 4.98 Å². The van der Waals surface area contributed by atoms with Crippen molar-refractivity contribution in [2.24, 2.45) is 0 Å². The first kappa shape index (κ1) is 12.3. The van der Waals surface area contributed by atoms with Gasteiger partial charge in [0.1, 0.15) is 5.56 Å². The van der Waals surface area contributed by atoms with Crippen molar-refractivity contribution in [2.45, 2.75) is 12.6 Å². The molecule has 0 unspecified atom stereocenters. The van der Waals surface area contributed by atoms with Crippen molar-refractivity contribution in [1.29, 1.82) is 0 Å². The number of hydrogen-bond acceptors (Lipinski definition) is 3. The number of methoxy groups -OCH3 is 1. The Morgan fingerprint density at radius 3 is 2.62 bits per heavy atom. The number of pyridine rings is 1. The lowest BCUT2D eigenvalue weighted by molar-refractivity contribution is -0.142. The van der Waals surface area contributed by atoms with Gasteiger partial charge in [0.2, 0.25) is 0 Å². The number of alkyl halides is 3. The first-order valence-corrected chi connectivity index (χ1v) is 4.21. The van der Waals surface area contributed by atoms with Crippen molar-refractivity contribution in [3.63, 3.8) is 0 Å². The molecule has 0 saturated carbocycles. The van der Waals surface area contributed by atoms with Crippen molar-refractivity contribution in [2.75, 3.05) is 7.11 Å². The van der Waals surface area contributed by atoms with Gasteiger partial charge in [-0.1, -0.05) is 0 Å². The van der Waals surface area contributed by atoms with Crippen LogP contribution < -0.4 is 5.56 Å². The molecule has 1 heterocycles. The second-order valence-corrected chi connectivity index (χ2v) is 2.96. The summed E-state index contributed by atoms with van der Waals surface area (Å²) >= 11 is 0. The van der Waals surface area contributed by atoms with Gasteiger partial charge in [-0.25, -0.2) is 0 Å². The van der Waals surface area contributed by atoms with Gasteiger partial charge in [-0.15, -0.1) is 0 Å². The minimum Gasteiger partial charge on any atom is -0.469 e. The van der Waals surface area contributed by atoms with Gasteiger partial charge >= 0.3 is 12.1 Å². The molecular formula is C9H8F3NO3. The van der Waals surface area contributed by atoms with Crippen LogP contribution in [0.25, 0.3) is 0 Å². The van der Waals surface area contributed by atoms with E-state index in [1.165, 1.54) is 0 Å². The van der Waals surface area contributed by atoms with Gasteiger partial charge in [0, 0.05) is 6.20 Å². The highest BCUT2D eigenvalue weighted by atomic mass is 19.4. The fourth-order valence-corrected chi connectivity index (χ4v) is 1.21. The van der Waals surface area contributed by atoms with E-state index >= 15 is 0 Å². The van der Waals surface area contributed by atoms with Gasteiger partial charge in [0.15, 0.2) is 0 Å². The summed E-state index contributed by atoms with van der Waals surface area (Å²) in [6.45, 7) is 0. The lowest BCUT2D eigenvalue weighted by atomic mass is 10.1. The number of carbonyl (C=O) groups excluding carboxylic acids is 1. The average molecular weight is 235 g/mol. The third-order valence-corrected chi connectivity index (χ3v) is 1.89. The summed E-state index contributed by atoms with van der Waals surface area (Å²) < 4.78 is 41.7. The molecule has 0 saturated heterocycles. The first-order valence-electron chi connectivity index (χ1n) is 4.21. The Kier molecular flexibility index (Phi) is 3.36. The highest BCUT2D eigenvalue weighted by Crippen LogP contribution is 2.29. The molecule has 0 atom stereocenters. The maximum atomic E-state index is 12.5. The molecule has 7 heteroatoms. The number of aromatic nitrogens is 1. The van der Waals surface area contributed by atoms with E-state index in [0.29, 0.717) is 0 Å². The highest BCUT2D eigenvalue weighted by molar-refractivity contribution is 5.72. The van der Waals surface area contributed by atoms with Crippen molar-refractivity contribution >= 4 is 5.97 Å². The SMILES string of the molecule is COC(=O)Cc1cc[nH]c(=O)c1C(F)(F)F. The summed E-state index contributed by atoms with van der Waals surface area (Å²) in [7, 11) is 1.06. The Labute approximate surface area is 88.0 Å². The summed E-state index contributed by atoms with van der Waals surface area (Å²) in [4.78, 5) is 23.8. The zero-order valence-corrected chi connectivity index (χ0v) is 8.22. The van der Waals surface area contributed by atoms with Crippen molar-refractivity contribution in [3.05, 3.63) is 33.7 Å². The smallest absolute Gasteiger partial charge is 0.421 e. The number of halogens is 3. The number of rotatable bonds is 2. The second kappa shape index (κ2) is 4.38. The van der Waals surface area contributed by atoms with Crippen molar-refractivity contribution in [1.82, 2.24) is 4.98 Å². The Morgan fingerprint density at radius 2 is 2.12 bits per heavy atom. The van der Waals surface area contributed by atoms with Crippen LogP contribution in [0.5, 0.6) is 0 Å². The van der Waals surface area contributed by atoms with Crippen LogP contribution in [0.2, 0.25) is 0 Å². The highest BCUT2D eigenvalue weighted by Gasteiger charge is 2.36. The standard InChI is InChI=1S/C9H8F3NO3/c1-16-6(14)4-5-2-3-13-8(15)7(5)9(10,11)12/h2-3H,4H2,1H3,(H,13,15). The molecule has 0 fully saturated rings. The predicted molar refractivity (Wildman–Crippen MR) is 47.8 cm³/mol. The molecule has 1 aromatic rings. The van der Waals surface area contributed by atoms with E-state index in [4.69, 9.17) is 0 Å². The van der Waals surface area contributed by atoms with Crippen LogP contribution in [0.3, 0.4) is 0 Å². The number of hydrogen-bond donors (Lipinski definition) is 1. The molecule has 0 spiro atoms. The quantitative estimate of drug-likeness (QED) is 0.781. The zero-order valence-electron chi connectivity index (χ0n) is 8.22. The molecule has 1 N–H and O–H groups in total. The van der Waals surface area contributed by atoms with Crippen molar-refractivity contribution < 1.29 is 22.7 Å². The van der Waals surface area contributed by atoms with Gasteiger partial charge in [0.25, 0.3) is 5.56 Å². The van der Waals surface area contributed by atoms with Crippen LogP contribution in [0, 0.1) is 0 Å². The molecular weight excluding hydrogens is 227 g/mol. The average Bonchev–Trinajstić information content (AvgIpc) is 2.15. The van der Waals surface area contributed by atoms with Crippen LogP contribution in [-0.2, 0) is 22.1 Å². The number of carbonyl (C=O) groups is 1. The Bertz CT molecular complexity index is 450. The topological polar surface area (TPSA) is 59.2 Å². The summed E-state index contributed by atoms with van der Waals surface area (Å²) in [5.74, 6) is -0.837. The largest absolute Gasteiger partial charge is 0.469 e. The molecule has 1 aromatic heterocycles. The molecule has 16 heavy (non-hydrogen) atoms. The fourth-order valence-electron chi connectivity index (χ4n) is 1.21. The van der Waals surface area contributed by atoms with Crippen LogP contribution in [-0.4, -0.2) is 18.1 Å². The van der Waals surface area contributed by atoms with Gasteiger partial charge in [-0.2, -0.15) is 13.2 Å². The third-order valence-electron chi connectivity index (χ3n) is 1.89. The van der Waals surface area contributed by atoms with Crippen LogP contribution >= 0.6 is 0 Å². The molecule has 88 valence electrons. The summed E-state index contributed by atoms with van der Waals surface area (Å²) in [6.07, 6.45) is -4.33. The van der Waals surface area contributed by atoms with Gasteiger partial charge in [0.05, 0.1) is 13.5 Å². The summed E-state index contributed by atoms with van der Waals surface area (Å²) in [6, 6.07) is 1.03. The van der Waals surface area contributed by atoms with Crippen molar-refractivity contribution in [3.8, 4) is 0 Å². The van der Waals surface area contributed by atoms with Crippen LogP contribution in [0.1, 0.15) is 11.1 Å². The fraction of sp³-hybridized carbons (Fsp3) is 0.333. The lowest BCUT2D eigenvalue weighted by Gasteiger charge is -2.10. The number of aromatic amines is 1. The Morgan fingerprint density at radius 1 is 1.50 bits per heavy atom. The molecule has 0 aliphatic rings. The maximum Gasteiger partial charge on any atom is 0.421 e. The normalized spacial score (nSPS) is 11.2. The van der Waals surface area contributed by atoms with E-state index in [2.05, 4.69) is 4.74 Å². The Balaban J connectivity index is 3.24.